The molecule has 0 radical (unpaired) electrons. The number of hydrogen-bond donors (Lipinski definition) is 1. The van der Waals surface area contributed by atoms with Crippen LogP contribution < -0.4 is 0 Å². The first kappa shape index (κ1) is 12.1. The summed E-state index contributed by atoms with van der Waals surface area (Å²) in [5.41, 5.74) is 0. The number of fused-ring (bicyclic) bond motifs is 1. The van der Waals surface area contributed by atoms with E-state index in [2.05, 4.69) is 20.5 Å². The number of thiophene rings is 1. The molecule has 9 heteroatoms. The van der Waals surface area contributed by atoms with Crippen LogP contribution in [0.1, 0.15) is 0 Å². The van der Waals surface area contributed by atoms with Crippen molar-refractivity contribution in [2.24, 2.45) is 0 Å². The van der Waals surface area contributed by atoms with Gasteiger partial charge in [0.2, 0.25) is 5.16 Å². The summed E-state index contributed by atoms with van der Waals surface area (Å²) in [6, 6.07) is 3.91. The minimum Gasteiger partial charge on any atom is -0.480 e. The van der Waals surface area contributed by atoms with Gasteiger partial charge in [-0.1, -0.05) is 0 Å². The number of tetrazole rings is 1. The second-order valence-corrected chi connectivity index (χ2v) is 5.47. The molecule has 19 heavy (non-hydrogen) atoms. The third-order valence-corrected chi connectivity index (χ3v) is 4.19. The maximum absolute atomic E-state index is 10.7. The molecule has 7 nitrogen and oxygen atoms in total. The van der Waals surface area contributed by atoms with E-state index in [9.17, 15) is 4.79 Å². The highest BCUT2D eigenvalue weighted by Crippen LogP contribution is 2.32. The normalized spacial score (nSPS) is 10.9. The first-order valence-corrected chi connectivity index (χ1v) is 6.91. The quantitative estimate of drug-likeness (QED) is 0.779. The fraction of sp³-hybridized carbons (Fsp3) is 0.100. The molecule has 0 aliphatic carbocycles. The first-order valence-electron chi connectivity index (χ1n) is 5.22. The van der Waals surface area contributed by atoms with Gasteiger partial charge in [0.05, 0.1) is 0 Å². The van der Waals surface area contributed by atoms with Gasteiger partial charge in [-0.3, -0.25) is 4.79 Å². The van der Waals surface area contributed by atoms with Gasteiger partial charge in [0.1, 0.15) is 11.6 Å². The standard InChI is InChI=1S/C10H7N5O2S2/c16-8(17)5-15-10(12-13-14-15)19-9-6-2-4-18-7(6)1-3-11-9/h1-4H,5H2,(H,16,17). The number of rotatable bonds is 4. The van der Waals surface area contributed by atoms with Crippen molar-refractivity contribution in [3.63, 3.8) is 0 Å². The Bertz CT molecular complexity index is 738. The molecule has 3 heterocycles. The summed E-state index contributed by atoms with van der Waals surface area (Å²) in [5.74, 6) is -0.990. The van der Waals surface area contributed by atoms with E-state index in [-0.39, 0.29) is 6.54 Å². The summed E-state index contributed by atoms with van der Waals surface area (Å²) in [7, 11) is 0. The Morgan fingerprint density at radius 3 is 3.21 bits per heavy atom. The maximum atomic E-state index is 10.7. The number of carboxylic acid groups (broad SMARTS) is 1. The maximum Gasteiger partial charge on any atom is 0.325 e. The van der Waals surface area contributed by atoms with Gasteiger partial charge in [-0.2, -0.15) is 0 Å². The molecule has 3 aromatic rings. The van der Waals surface area contributed by atoms with Crippen LogP contribution >= 0.6 is 23.1 Å². The van der Waals surface area contributed by atoms with Crippen LogP contribution in [-0.4, -0.2) is 36.3 Å². The summed E-state index contributed by atoms with van der Waals surface area (Å²) in [6.07, 6.45) is 1.71. The van der Waals surface area contributed by atoms with Gasteiger partial charge in [0.25, 0.3) is 0 Å². The van der Waals surface area contributed by atoms with Crippen LogP contribution in [0.2, 0.25) is 0 Å². The van der Waals surface area contributed by atoms with Crippen molar-refractivity contribution in [1.82, 2.24) is 25.2 Å². The van der Waals surface area contributed by atoms with Crippen LogP contribution in [0.5, 0.6) is 0 Å². The zero-order valence-electron chi connectivity index (χ0n) is 9.42. The zero-order valence-corrected chi connectivity index (χ0v) is 11.1. The minimum absolute atomic E-state index is 0.269. The van der Waals surface area contributed by atoms with E-state index in [1.165, 1.54) is 16.4 Å². The molecule has 3 aromatic heterocycles. The predicted octanol–water partition coefficient (Wildman–Crippen LogP) is 1.52. The van der Waals surface area contributed by atoms with Crippen LogP contribution in [0.15, 0.2) is 33.9 Å². The monoisotopic (exact) mass is 293 g/mol. The summed E-state index contributed by atoms with van der Waals surface area (Å²) >= 11 is 2.88. The lowest BCUT2D eigenvalue weighted by Gasteiger charge is -2.01. The topological polar surface area (TPSA) is 93.8 Å². The molecule has 1 N–H and O–H groups in total. The smallest absolute Gasteiger partial charge is 0.325 e. The average Bonchev–Trinajstić information content (AvgIpc) is 2.99. The third-order valence-electron chi connectivity index (χ3n) is 2.32. The number of aliphatic carboxylic acids is 1. The van der Waals surface area contributed by atoms with E-state index >= 15 is 0 Å². The molecule has 0 atom stereocenters. The molecule has 0 aliphatic heterocycles. The number of hydrogen-bond acceptors (Lipinski definition) is 7. The fourth-order valence-corrected chi connectivity index (χ4v) is 3.24. The van der Waals surface area contributed by atoms with Crippen molar-refractivity contribution in [3.05, 3.63) is 23.7 Å². The highest BCUT2D eigenvalue weighted by atomic mass is 32.2. The Hall–Kier alpha value is -2.00. The first-order chi connectivity index (χ1) is 9.24. The van der Waals surface area contributed by atoms with E-state index in [4.69, 9.17) is 5.11 Å². The van der Waals surface area contributed by atoms with Crippen molar-refractivity contribution in [2.45, 2.75) is 16.7 Å². The third kappa shape index (κ3) is 2.42. The van der Waals surface area contributed by atoms with E-state index < -0.39 is 5.97 Å². The molecular formula is C10H7N5O2S2. The molecule has 0 aromatic carbocycles. The lowest BCUT2D eigenvalue weighted by molar-refractivity contribution is -0.138. The lowest BCUT2D eigenvalue weighted by atomic mass is 10.3. The van der Waals surface area contributed by atoms with Gasteiger partial charge in [-0.05, 0) is 39.7 Å². The Balaban J connectivity index is 1.95. The zero-order chi connectivity index (χ0) is 13.2. The van der Waals surface area contributed by atoms with E-state index in [0.29, 0.717) is 5.16 Å². The largest absolute Gasteiger partial charge is 0.480 e. The summed E-state index contributed by atoms with van der Waals surface area (Å²) in [4.78, 5) is 15.0. The van der Waals surface area contributed by atoms with Crippen molar-refractivity contribution < 1.29 is 9.90 Å². The molecule has 0 bridgehead atoms. The van der Waals surface area contributed by atoms with Gasteiger partial charge in [0.15, 0.2) is 0 Å². The summed E-state index contributed by atoms with van der Waals surface area (Å²) in [5, 5.41) is 23.9. The van der Waals surface area contributed by atoms with Crippen LogP contribution in [0.25, 0.3) is 10.1 Å². The number of aromatic nitrogens is 5. The van der Waals surface area contributed by atoms with Gasteiger partial charge >= 0.3 is 5.97 Å². The van der Waals surface area contributed by atoms with Crippen LogP contribution in [-0.2, 0) is 11.3 Å². The Labute approximate surface area is 115 Å². The van der Waals surface area contributed by atoms with Crippen molar-refractivity contribution >= 4 is 39.2 Å². The Morgan fingerprint density at radius 1 is 1.47 bits per heavy atom. The molecule has 0 aliphatic rings. The van der Waals surface area contributed by atoms with Crippen LogP contribution in [0.3, 0.4) is 0 Å². The molecule has 0 fully saturated rings. The Kier molecular flexibility index (Phi) is 3.13. The molecule has 0 saturated heterocycles. The number of carbonyl (C=O) groups is 1. The molecule has 96 valence electrons. The molecule has 0 saturated carbocycles. The molecular weight excluding hydrogens is 286 g/mol. The number of pyridine rings is 1. The van der Waals surface area contributed by atoms with E-state index in [1.807, 2.05) is 17.5 Å². The number of nitrogens with zero attached hydrogens (tertiary/aromatic N) is 5. The fourth-order valence-electron chi connectivity index (χ4n) is 1.53. The number of carboxylic acids is 1. The van der Waals surface area contributed by atoms with Gasteiger partial charge < -0.3 is 5.11 Å². The van der Waals surface area contributed by atoms with Crippen molar-refractivity contribution in [2.75, 3.05) is 0 Å². The molecule has 0 spiro atoms. The average molecular weight is 293 g/mol. The van der Waals surface area contributed by atoms with Gasteiger partial charge in [-0.25, -0.2) is 9.67 Å². The van der Waals surface area contributed by atoms with Crippen molar-refractivity contribution in [3.8, 4) is 0 Å². The highest BCUT2D eigenvalue weighted by molar-refractivity contribution is 7.99. The van der Waals surface area contributed by atoms with Gasteiger partial charge in [-0.15, -0.1) is 16.4 Å². The predicted molar refractivity (Wildman–Crippen MR) is 69.2 cm³/mol. The lowest BCUT2D eigenvalue weighted by Crippen LogP contribution is -2.11. The summed E-state index contributed by atoms with van der Waals surface area (Å²) in [6.45, 7) is -0.269. The van der Waals surface area contributed by atoms with Gasteiger partial charge in [0, 0.05) is 16.3 Å². The van der Waals surface area contributed by atoms with Crippen LogP contribution in [0, 0.1) is 0 Å². The highest BCUT2D eigenvalue weighted by Gasteiger charge is 2.13. The van der Waals surface area contributed by atoms with Crippen LogP contribution in [0.4, 0.5) is 0 Å². The SMILES string of the molecule is O=C(O)Cn1nnnc1Sc1nccc2sccc12. The molecule has 0 unspecified atom stereocenters. The van der Waals surface area contributed by atoms with Crippen molar-refractivity contribution in [1.29, 1.82) is 0 Å². The molecule has 3 rings (SSSR count). The molecule has 0 amide bonds. The minimum atomic E-state index is -0.990. The van der Waals surface area contributed by atoms with E-state index in [1.54, 1.807) is 17.5 Å². The van der Waals surface area contributed by atoms with E-state index in [0.717, 1.165) is 15.1 Å². The second-order valence-electron chi connectivity index (χ2n) is 3.56. The second kappa shape index (κ2) is 4.94. The Morgan fingerprint density at radius 2 is 2.37 bits per heavy atom. The summed E-state index contributed by atoms with van der Waals surface area (Å²) < 4.78 is 2.36.